The summed E-state index contributed by atoms with van der Waals surface area (Å²) in [6.45, 7) is 0.194. The maximum Gasteiger partial charge on any atom is 0.339 e. The molecule has 1 aromatic heterocycles. The molecule has 0 aliphatic rings. The number of hydrogen-bond acceptors (Lipinski definition) is 3. The Morgan fingerprint density at radius 3 is 2.89 bits per heavy atom. The highest BCUT2D eigenvalue weighted by molar-refractivity contribution is 5.88. The first-order chi connectivity index (χ1) is 8.59. The van der Waals surface area contributed by atoms with Crippen LogP contribution in [0.3, 0.4) is 0 Å². The third-order valence-electron chi connectivity index (χ3n) is 2.61. The summed E-state index contributed by atoms with van der Waals surface area (Å²) in [5.41, 5.74) is 0.933. The molecule has 0 saturated heterocycles. The van der Waals surface area contributed by atoms with Crippen LogP contribution in [0.5, 0.6) is 0 Å². The number of carboxylic acids is 1. The van der Waals surface area contributed by atoms with Crippen LogP contribution in [0.1, 0.15) is 16.1 Å². The number of hydrogen-bond donors (Lipinski definition) is 2. The minimum Gasteiger partial charge on any atom is -0.478 e. The van der Waals surface area contributed by atoms with Crippen molar-refractivity contribution in [2.24, 2.45) is 7.05 Å². The van der Waals surface area contributed by atoms with Crippen LogP contribution in [0.4, 0.5) is 10.1 Å². The van der Waals surface area contributed by atoms with Crippen molar-refractivity contribution in [2.45, 2.75) is 6.54 Å². The van der Waals surface area contributed by atoms with Gasteiger partial charge in [0.1, 0.15) is 11.4 Å². The lowest BCUT2D eigenvalue weighted by Gasteiger charge is -2.08. The second-order valence-electron chi connectivity index (χ2n) is 3.77. The first-order valence-corrected chi connectivity index (χ1v) is 5.32. The summed E-state index contributed by atoms with van der Waals surface area (Å²) in [7, 11) is 1.64. The van der Waals surface area contributed by atoms with Gasteiger partial charge in [0, 0.05) is 7.05 Å². The van der Waals surface area contributed by atoms with Crippen LogP contribution < -0.4 is 5.32 Å². The average molecular weight is 249 g/mol. The van der Waals surface area contributed by atoms with Crippen molar-refractivity contribution in [1.82, 2.24) is 9.78 Å². The van der Waals surface area contributed by atoms with E-state index in [-0.39, 0.29) is 17.9 Å². The first kappa shape index (κ1) is 12.1. The van der Waals surface area contributed by atoms with Gasteiger partial charge >= 0.3 is 5.97 Å². The summed E-state index contributed by atoms with van der Waals surface area (Å²) in [4.78, 5) is 11.0. The summed E-state index contributed by atoms with van der Waals surface area (Å²) in [6, 6.07) is 6.22. The molecule has 1 aromatic carbocycles. The predicted octanol–water partition coefficient (Wildman–Crippen LogP) is 1.87. The number of rotatable bonds is 4. The number of para-hydroxylation sites is 1. The molecule has 0 unspecified atom stereocenters. The molecular formula is C12H12FN3O2. The molecule has 18 heavy (non-hydrogen) atoms. The minimum atomic E-state index is -1.05. The quantitative estimate of drug-likeness (QED) is 0.868. The third-order valence-corrected chi connectivity index (χ3v) is 2.61. The summed E-state index contributed by atoms with van der Waals surface area (Å²) in [6.07, 6.45) is 1.28. The first-order valence-electron chi connectivity index (χ1n) is 5.32. The van der Waals surface area contributed by atoms with Crippen molar-refractivity contribution in [3.05, 3.63) is 47.5 Å². The zero-order chi connectivity index (χ0) is 13.1. The third kappa shape index (κ3) is 2.32. The summed E-state index contributed by atoms with van der Waals surface area (Å²) < 4.78 is 14.8. The van der Waals surface area contributed by atoms with Crippen molar-refractivity contribution in [3.63, 3.8) is 0 Å². The maximum atomic E-state index is 13.4. The van der Waals surface area contributed by atoms with Gasteiger partial charge in [-0.25, -0.2) is 9.18 Å². The monoisotopic (exact) mass is 249 g/mol. The smallest absolute Gasteiger partial charge is 0.339 e. The highest BCUT2D eigenvalue weighted by atomic mass is 19.1. The molecule has 0 saturated carbocycles. The molecular weight excluding hydrogens is 237 g/mol. The van der Waals surface area contributed by atoms with E-state index in [9.17, 15) is 9.18 Å². The van der Waals surface area contributed by atoms with E-state index in [1.165, 1.54) is 16.9 Å². The van der Waals surface area contributed by atoms with Crippen molar-refractivity contribution < 1.29 is 14.3 Å². The van der Waals surface area contributed by atoms with E-state index in [0.717, 1.165) is 0 Å². The van der Waals surface area contributed by atoms with Crippen LogP contribution in [0, 0.1) is 5.82 Å². The van der Waals surface area contributed by atoms with Crippen LogP contribution in [0.2, 0.25) is 0 Å². The van der Waals surface area contributed by atoms with E-state index in [4.69, 9.17) is 5.11 Å². The Balaban J connectivity index is 2.18. The zero-order valence-corrected chi connectivity index (χ0v) is 9.72. The summed E-state index contributed by atoms with van der Waals surface area (Å²) >= 11 is 0. The number of carboxylic acid groups (broad SMARTS) is 1. The minimum absolute atomic E-state index is 0.112. The molecule has 0 fully saturated rings. The number of halogens is 1. The number of aromatic carboxylic acids is 1. The van der Waals surface area contributed by atoms with Crippen LogP contribution in [0.25, 0.3) is 0 Å². The molecule has 2 aromatic rings. The highest BCUT2D eigenvalue weighted by Gasteiger charge is 2.14. The molecule has 0 radical (unpaired) electrons. The van der Waals surface area contributed by atoms with Gasteiger partial charge in [-0.3, -0.25) is 4.68 Å². The van der Waals surface area contributed by atoms with Gasteiger partial charge in [-0.1, -0.05) is 12.1 Å². The molecule has 0 bridgehead atoms. The van der Waals surface area contributed by atoms with E-state index in [1.807, 2.05) is 0 Å². The van der Waals surface area contributed by atoms with Gasteiger partial charge in [-0.05, 0) is 12.1 Å². The largest absolute Gasteiger partial charge is 0.478 e. The topological polar surface area (TPSA) is 67.2 Å². The van der Waals surface area contributed by atoms with Gasteiger partial charge < -0.3 is 10.4 Å². The number of aryl methyl sites for hydroxylation is 1. The molecule has 0 aliphatic carbocycles. The molecule has 0 spiro atoms. The molecule has 94 valence electrons. The molecule has 0 atom stereocenters. The van der Waals surface area contributed by atoms with Gasteiger partial charge in [0.05, 0.1) is 24.1 Å². The van der Waals surface area contributed by atoms with Gasteiger partial charge in [0.15, 0.2) is 0 Å². The second-order valence-corrected chi connectivity index (χ2v) is 3.77. The summed E-state index contributed by atoms with van der Waals surface area (Å²) in [5.74, 6) is -1.43. The lowest BCUT2D eigenvalue weighted by atomic mass is 10.2. The summed E-state index contributed by atoms with van der Waals surface area (Å²) in [5, 5.41) is 15.7. The van der Waals surface area contributed by atoms with Crippen molar-refractivity contribution >= 4 is 11.7 Å². The zero-order valence-electron chi connectivity index (χ0n) is 9.72. The normalized spacial score (nSPS) is 10.3. The molecule has 0 amide bonds. The van der Waals surface area contributed by atoms with E-state index in [2.05, 4.69) is 10.4 Å². The Hall–Kier alpha value is -2.37. The van der Waals surface area contributed by atoms with E-state index >= 15 is 0 Å². The molecule has 6 heteroatoms. The molecule has 5 nitrogen and oxygen atoms in total. The fraction of sp³-hybridized carbons (Fsp3) is 0.167. The van der Waals surface area contributed by atoms with Gasteiger partial charge in [0.2, 0.25) is 0 Å². The molecule has 2 N–H and O–H groups in total. The number of nitrogens with zero attached hydrogens (tertiary/aromatic N) is 2. The Labute approximate surface area is 103 Å². The highest BCUT2D eigenvalue weighted by Crippen LogP contribution is 2.15. The van der Waals surface area contributed by atoms with Gasteiger partial charge in [0.25, 0.3) is 0 Å². The lowest BCUT2D eigenvalue weighted by Crippen LogP contribution is -2.10. The molecule has 2 rings (SSSR count). The molecule has 1 heterocycles. The Bertz CT molecular complexity index is 580. The van der Waals surface area contributed by atoms with E-state index in [1.54, 1.807) is 25.2 Å². The Morgan fingerprint density at radius 2 is 2.22 bits per heavy atom. The second kappa shape index (κ2) is 4.87. The van der Waals surface area contributed by atoms with E-state index < -0.39 is 5.97 Å². The lowest BCUT2D eigenvalue weighted by molar-refractivity contribution is 0.0695. The van der Waals surface area contributed by atoms with E-state index in [0.29, 0.717) is 11.4 Å². The SMILES string of the molecule is Cn1ncc(C(=O)O)c1CNc1ccccc1F. The van der Waals surface area contributed by atoms with Gasteiger partial charge in [-0.15, -0.1) is 0 Å². The number of nitrogens with one attached hydrogen (secondary N) is 1. The maximum absolute atomic E-state index is 13.4. The Morgan fingerprint density at radius 1 is 1.50 bits per heavy atom. The fourth-order valence-corrected chi connectivity index (χ4v) is 1.63. The van der Waals surface area contributed by atoms with Gasteiger partial charge in [-0.2, -0.15) is 5.10 Å². The number of benzene rings is 1. The standard InChI is InChI=1S/C12H12FN3O2/c1-16-11(8(6-15-16)12(17)18)7-14-10-5-3-2-4-9(10)13/h2-6,14H,7H2,1H3,(H,17,18). The average Bonchev–Trinajstić information content (AvgIpc) is 2.70. The predicted molar refractivity (Wildman–Crippen MR) is 63.9 cm³/mol. The van der Waals surface area contributed by atoms with Crippen LogP contribution in [-0.4, -0.2) is 20.9 Å². The molecule has 0 aliphatic heterocycles. The number of aromatic nitrogens is 2. The van der Waals surface area contributed by atoms with Crippen LogP contribution in [-0.2, 0) is 13.6 Å². The Kier molecular flexibility index (Phi) is 3.27. The van der Waals surface area contributed by atoms with Crippen molar-refractivity contribution in [1.29, 1.82) is 0 Å². The number of anilines is 1. The van der Waals surface area contributed by atoms with Crippen LogP contribution in [0.15, 0.2) is 30.5 Å². The van der Waals surface area contributed by atoms with Crippen molar-refractivity contribution in [2.75, 3.05) is 5.32 Å². The van der Waals surface area contributed by atoms with Crippen LogP contribution >= 0.6 is 0 Å². The fourth-order valence-electron chi connectivity index (χ4n) is 1.63. The number of carbonyl (C=O) groups is 1. The van der Waals surface area contributed by atoms with Crippen molar-refractivity contribution in [3.8, 4) is 0 Å².